The molecule has 4 heteroatoms. The maximum absolute atomic E-state index is 6.88. The molecule has 1 unspecified atom stereocenters. The Morgan fingerprint density at radius 2 is 1.50 bits per heavy atom. The molecule has 314 valence electrons. The van der Waals surface area contributed by atoms with Crippen LogP contribution in [0.1, 0.15) is 146 Å². The largest absolute Gasteiger partial charge is 0.470 e. The lowest BCUT2D eigenvalue weighted by Gasteiger charge is -2.32. The van der Waals surface area contributed by atoms with Crippen LogP contribution in [0, 0.1) is 11.3 Å². The molecule has 0 aliphatic carbocycles. The summed E-state index contributed by atoms with van der Waals surface area (Å²) in [6, 6.07) is 15.7. The van der Waals surface area contributed by atoms with Crippen molar-refractivity contribution in [3.63, 3.8) is 0 Å². The van der Waals surface area contributed by atoms with Crippen molar-refractivity contribution in [3.05, 3.63) is 144 Å². The van der Waals surface area contributed by atoms with E-state index in [4.69, 9.17) is 4.42 Å². The van der Waals surface area contributed by atoms with Crippen molar-refractivity contribution < 1.29 is 4.42 Å². The zero-order valence-electron chi connectivity index (χ0n) is 39.4. The van der Waals surface area contributed by atoms with Crippen molar-refractivity contribution in [2.75, 3.05) is 11.9 Å². The molecule has 3 aromatic rings. The summed E-state index contributed by atoms with van der Waals surface area (Å²) in [6.07, 6.45) is 12.9. The van der Waals surface area contributed by atoms with Gasteiger partial charge in [-0.15, -0.1) is 5.98 Å². The van der Waals surface area contributed by atoms with Gasteiger partial charge < -0.3 is 15.1 Å². The van der Waals surface area contributed by atoms with Crippen LogP contribution in [0.2, 0.25) is 0 Å². The minimum absolute atomic E-state index is 0.00647. The van der Waals surface area contributed by atoms with Gasteiger partial charge in [-0.2, -0.15) is 0 Å². The van der Waals surface area contributed by atoms with Crippen molar-refractivity contribution in [1.29, 1.82) is 0 Å². The first-order valence-corrected chi connectivity index (χ1v) is 21.7. The molecular formula is C54H79BN2O. The van der Waals surface area contributed by atoms with Crippen LogP contribution >= 0.6 is 0 Å². The third-order valence-corrected chi connectivity index (χ3v) is 11.7. The molecular weight excluding hydrogens is 703 g/mol. The normalized spacial score (nSPS) is 13.9. The Morgan fingerprint density at radius 1 is 0.845 bits per heavy atom. The zero-order valence-corrected chi connectivity index (χ0v) is 39.4. The lowest BCUT2D eigenvalue weighted by Crippen LogP contribution is -2.40. The summed E-state index contributed by atoms with van der Waals surface area (Å²) < 4.78 is 6.88. The summed E-state index contributed by atoms with van der Waals surface area (Å²) in [6.45, 7) is 51.7. The maximum Gasteiger partial charge on any atom is 0.279 e. The van der Waals surface area contributed by atoms with Gasteiger partial charge in [-0.1, -0.05) is 178 Å². The first kappa shape index (κ1) is 48.2. The Labute approximate surface area is 356 Å². The number of benzene rings is 2. The molecule has 58 heavy (non-hydrogen) atoms. The van der Waals surface area contributed by atoms with E-state index in [1.54, 1.807) is 0 Å². The van der Waals surface area contributed by atoms with Gasteiger partial charge in [0.05, 0.1) is 5.66 Å². The van der Waals surface area contributed by atoms with Crippen molar-refractivity contribution in [2.45, 2.75) is 152 Å². The molecule has 2 aromatic carbocycles. The predicted octanol–water partition coefficient (Wildman–Crippen LogP) is 14.7. The molecule has 0 saturated heterocycles. The van der Waals surface area contributed by atoms with E-state index >= 15 is 0 Å². The molecule has 1 aromatic heterocycles. The van der Waals surface area contributed by atoms with E-state index in [9.17, 15) is 0 Å². The number of unbranched alkanes of at least 4 members (excludes halogenated alkanes) is 1. The summed E-state index contributed by atoms with van der Waals surface area (Å²) in [4.78, 5) is 0. The average molecular weight is 783 g/mol. The van der Waals surface area contributed by atoms with Gasteiger partial charge in [-0.25, -0.2) is 0 Å². The predicted molar refractivity (Wildman–Crippen MR) is 261 cm³/mol. The van der Waals surface area contributed by atoms with Crippen LogP contribution < -0.4 is 16.3 Å². The van der Waals surface area contributed by atoms with Crippen LogP contribution in [0.15, 0.2) is 131 Å². The number of hydrogen-bond donors (Lipinski definition) is 2. The number of nitrogens with one attached hydrogen (secondary N) is 2. The van der Waals surface area contributed by atoms with Gasteiger partial charge in [0.2, 0.25) is 0 Å². The number of furan rings is 1. The van der Waals surface area contributed by atoms with E-state index in [0.717, 1.165) is 51.8 Å². The Bertz CT molecular complexity index is 2010. The maximum atomic E-state index is 6.88. The minimum Gasteiger partial charge on any atom is -0.470 e. The van der Waals surface area contributed by atoms with Crippen molar-refractivity contribution >= 4 is 29.0 Å². The zero-order chi connectivity index (χ0) is 43.8. The van der Waals surface area contributed by atoms with Crippen molar-refractivity contribution in [3.8, 4) is 0 Å². The smallest absolute Gasteiger partial charge is 0.279 e. The first-order chi connectivity index (χ1) is 26.8. The van der Waals surface area contributed by atoms with Gasteiger partial charge >= 0.3 is 0 Å². The summed E-state index contributed by atoms with van der Waals surface area (Å²) >= 11 is 0. The summed E-state index contributed by atoms with van der Waals surface area (Å²) in [7, 11) is 0. The fourth-order valence-electron chi connectivity index (χ4n) is 7.37. The van der Waals surface area contributed by atoms with Crippen LogP contribution in [0.5, 0.6) is 0 Å². The van der Waals surface area contributed by atoms with E-state index in [1.807, 2.05) is 13.0 Å². The Morgan fingerprint density at radius 3 is 2.05 bits per heavy atom. The Balaban J connectivity index is 2.40. The fraction of sp³-hybridized carbons (Fsp3) is 0.481. The van der Waals surface area contributed by atoms with Crippen LogP contribution in [-0.4, -0.2) is 19.3 Å². The van der Waals surface area contributed by atoms with Crippen molar-refractivity contribution in [2.24, 2.45) is 11.3 Å². The standard InChI is InChI=1S/C54H79BN2O/c1-20-22-29-54(18,19)42(21-2)24-23-30-55(50-33-41-32-43(51(9,10)11)25-28-49(41)58-50)47(36-56-35-40(8)38(5)6)48(31-39(7)37(3)4)57-44-26-27-45(52(12,13)14)46(34-44)53(15,16)17/h21,23-28,30,32-34,36-37,48,56-57H,2,5,7-8,20,22,29,31,35H2,1,3-4,6,9-19H3/b30-23+,42-24+,47-36-. The quantitative estimate of drug-likeness (QED) is 0.0722. The molecule has 0 fully saturated rings. The lowest BCUT2D eigenvalue weighted by atomic mass is 9.40. The highest BCUT2D eigenvalue weighted by Gasteiger charge is 2.32. The van der Waals surface area contributed by atoms with Gasteiger partial charge in [0.15, 0.2) is 0 Å². The van der Waals surface area contributed by atoms with E-state index in [2.05, 4.69) is 201 Å². The lowest BCUT2D eigenvalue weighted by molar-refractivity contribution is 0.400. The second-order valence-electron chi connectivity index (χ2n) is 20.7. The second-order valence-corrected chi connectivity index (χ2v) is 20.7. The highest BCUT2D eigenvalue weighted by Crippen LogP contribution is 2.37. The molecule has 0 aliphatic rings. The van der Waals surface area contributed by atoms with Gasteiger partial charge in [0.1, 0.15) is 5.58 Å². The highest BCUT2D eigenvalue weighted by molar-refractivity contribution is 6.83. The van der Waals surface area contributed by atoms with Crippen LogP contribution in [-0.2, 0) is 16.2 Å². The third kappa shape index (κ3) is 13.2. The molecule has 0 spiro atoms. The van der Waals surface area contributed by atoms with Gasteiger partial charge in [0.25, 0.3) is 6.71 Å². The summed E-state index contributed by atoms with van der Waals surface area (Å²) in [5.41, 5.74) is 12.4. The van der Waals surface area contributed by atoms with Gasteiger partial charge in [-0.05, 0) is 117 Å². The molecule has 0 aliphatic heterocycles. The SMILES string of the molecule is C=C/C(=C\C=C\B(/C(=C\NCC(=C)C(=C)C)C(CC(=C)C(C)C)Nc1ccc(C(C)(C)C)c(C(C)(C)C)c1)c1cc2cc(C(C)(C)C)ccc2o1)C(C)(C)CCCC. The molecule has 0 amide bonds. The van der Waals surface area contributed by atoms with Crippen LogP contribution in [0.3, 0.4) is 0 Å². The van der Waals surface area contributed by atoms with E-state index in [1.165, 1.54) is 40.7 Å². The molecule has 1 atom stereocenters. The van der Waals surface area contributed by atoms with Crippen molar-refractivity contribution in [1.82, 2.24) is 5.32 Å². The monoisotopic (exact) mass is 783 g/mol. The topological polar surface area (TPSA) is 37.2 Å². The number of fused-ring (bicyclic) bond motifs is 1. The van der Waals surface area contributed by atoms with Crippen LogP contribution in [0.25, 0.3) is 11.0 Å². The first-order valence-electron chi connectivity index (χ1n) is 21.7. The molecule has 0 radical (unpaired) electrons. The molecule has 2 N–H and O–H groups in total. The highest BCUT2D eigenvalue weighted by atomic mass is 16.3. The number of rotatable bonds is 19. The Kier molecular flexibility index (Phi) is 16.4. The molecule has 0 saturated carbocycles. The third-order valence-electron chi connectivity index (χ3n) is 11.7. The second kappa shape index (κ2) is 19.7. The van der Waals surface area contributed by atoms with E-state index in [-0.39, 0.29) is 34.4 Å². The average Bonchev–Trinajstić information content (AvgIpc) is 3.54. The molecule has 3 nitrogen and oxygen atoms in total. The molecule has 1 heterocycles. The number of hydrogen-bond acceptors (Lipinski definition) is 3. The fourth-order valence-corrected chi connectivity index (χ4v) is 7.37. The van der Waals surface area contributed by atoms with Gasteiger partial charge in [-0.3, -0.25) is 0 Å². The summed E-state index contributed by atoms with van der Waals surface area (Å²) in [5, 5.41) is 8.85. The van der Waals surface area contributed by atoms with E-state index in [0.29, 0.717) is 12.5 Å². The Hall–Kier alpha value is -4.18. The number of allylic oxidation sites excluding steroid dienone is 4. The molecule has 3 rings (SSSR count). The van der Waals surface area contributed by atoms with Gasteiger partial charge in [0, 0.05) is 23.7 Å². The summed E-state index contributed by atoms with van der Waals surface area (Å²) in [5.74, 6) is 2.62. The van der Waals surface area contributed by atoms with Crippen LogP contribution in [0.4, 0.5) is 5.69 Å². The number of anilines is 1. The minimum atomic E-state index is -0.217. The molecule has 0 bridgehead atoms. The van der Waals surface area contributed by atoms with E-state index < -0.39 is 0 Å².